The molecule has 0 aliphatic carbocycles. The minimum atomic E-state index is 1.10. The van der Waals surface area contributed by atoms with Crippen molar-refractivity contribution in [2.24, 2.45) is 0 Å². The zero-order valence-corrected chi connectivity index (χ0v) is 13.3. The summed E-state index contributed by atoms with van der Waals surface area (Å²) >= 11 is 0. The lowest BCUT2D eigenvalue weighted by Gasteiger charge is -2.09. The van der Waals surface area contributed by atoms with Crippen molar-refractivity contribution in [3.05, 3.63) is 41.2 Å². The van der Waals surface area contributed by atoms with Crippen LogP contribution in [0.3, 0.4) is 0 Å². The molecule has 1 aromatic heterocycles. The van der Waals surface area contributed by atoms with Crippen molar-refractivity contribution < 1.29 is 4.57 Å². The number of aromatic nitrogens is 2. The lowest BCUT2D eigenvalue weighted by molar-refractivity contribution is -0.685. The van der Waals surface area contributed by atoms with Crippen molar-refractivity contribution in [2.75, 3.05) is 0 Å². The number of H-pyrrole nitrogens is 1. The summed E-state index contributed by atoms with van der Waals surface area (Å²) in [7, 11) is 0. The Kier molecular flexibility index (Phi) is 4.99. The first-order valence-corrected chi connectivity index (χ1v) is 7.78. The van der Waals surface area contributed by atoms with E-state index in [0.717, 1.165) is 6.54 Å². The molecule has 0 saturated heterocycles. The van der Waals surface area contributed by atoms with Crippen molar-refractivity contribution >= 4 is 0 Å². The fourth-order valence-corrected chi connectivity index (χ4v) is 3.03. The lowest BCUT2D eigenvalue weighted by Crippen LogP contribution is -2.34. The Hall–Kier alpha value is -1.57. The number of unbranched alkanes of at least 4 members (excludes halogenated alkanes) is 3. The molecule has 1 aromatic carbocycles. The van der Waals surface area contributed by atoms with Gasteiger partial charge in [0.25, 0.3) is 5.82 Å². The molecule has 2 rings (SSSR count). The lowest BCUT2D eigenvalue weighted by atomic mass is 9.99. The van der Waals surface area contributed by atoms with Gasteiger partial charge < -0.3 is 0 Å². The monoisotopic (exact) mass is 271 g/mol. The highest BCUT2D eigenvalue weighted by Gasteiger charge is 2.17. The van der Waals surface area contributed by atoms with Crippen molar-refractivity contribution in [1.82, 2.24) is 4.98 Å². The van der Waals surface area contributed by atoms with E-state index in [2.05, 4.69) is 55.6 Å². The van der Waals surface area contributed by atoms with E-state index < -0.39 is 0 Å². The Bertz CT molecular complexity index is 544. The van der Waals surface area contributed by atoms with Crippen LogP contribution in [0.15, 0.2) is 24.5 Å². The van der Waals surface area contributed by atoms with Gasteiger partial charge in [0.2, 0.25) is 0 Å². The maximum Gasteiger partial charge on any atom is 0.287 e. The zero-order chi connectivity index (χ0) is 14.5. The molecule has 0 aliphatic heterocycles. The summed E-state index contributed by atoms with van der Waals surface area (Å²) in [6.07, 6.45) is 9.42. The average Bonchev–Trinajstić information content (AvgIpc) is 2.82. The summed E-state index contributed by atoms with van der Waals surface area (Å²) in [6.45, 7) is 9.94. The molecule has 0 unspecified atom stereocenters. The largest absolute Gasteiger partial charge is 0.287 e. The Labute approximate surface area is 122 Å². The van der Waals surface area contributed by atoms with Crippen molar-refractivity contribution in [3.63, 3.8) is 0 Å². The summed E-state index contributed by atoms with van der Waals surface area (Å²) in [5.74, 6) is 1.25. The number of hydrogen-bond acceptors (Lipinski definition) is 0. The summed E-state index contributed by atoms with van der Waals surface area (Å²) in [6, 6.07) is 4.54. The summed E-state index contributed by atoms with van der Waals surface area (Å²) in [5, 5.41) is 0. The highest BCUT2D eigenvalue weighted by atomic mass is 15.1. The SMILES string of the molecule is CCCCCC[n+]1cc[nH]c1-c1c(C)cc(C)cc1C. The number of rotatable bonds is 6. The van der Waals surface area contributed by atoms with Gasteiger partial charge in [-0.2, -0.15) is 0 Å². The number of hydrogen-bond donors (Lipinski definition) is 1. The highest BCUT2D eigenvalue weighted by molar-refractivity contribution is 5.63. The molecule has 0 radical (unpaired) electrons. The molecular formula is C18H27N2+. The standard InChI is InChI=1S/C18H26N2/c1-5-6-7-8-10-20-11-9-19-18(20)17-15(3)12-14(2)13-16(17)4/h9,11-13H,5-8,10H2,1-4H3/p+1. The first-order chi connectivity index (χ1) is 9.63. The number of aryl methyl sites for hydroxylation is 4. The third-order valence-electron chi connectivity index (χ3n) is 3.93. The summed E-state index contributed by atoms with van der Waals surface area (Å²) < 4.78 is 2.36. The maximum absolute atomic E-state index is 3.43. The average molecular weight is 271 g/mol. The molecule has 0 aliphatic rings. The van der Waals surface area contributed by atoms with Crippen LogP contribution in [0.2, 0.25) is 0 Å². The normalized spacial score (nSPS) is 11.0. The number of benzene rings is 1. The first-order valence-electron chi connectivity index (χ1n) is 7.78. The Morgan fingerprint density at radius 3 is 2.35 bits per heavy atom. The van der Waals surface area contributed by atoms with Crippen molar-refractivity contribution in [1.29, 1.82) is 0 Å². The molecule has 20 heavy (non-hydrogen) atoms. The molecule has 0 saturated carbocycles. The zero-order valence-electron chi connectivity index (χ0n) is 13.3. The van der Waals surface area contributed by atoms with E-state index in [-0.39, 0.29) is 0 Å². The molecule has 0 amide bonds. The third-order valence-corrected chi connectivity index (χ3v) is 3.93. The predicted octanol–water partition coefficient (Wildman–Crippen LogP) is 4.47. The van der Waals surface area contributed by atoms with Gasteiger partial charge in [0.15, 0.2) is 0 Å². The van der Waals surface area contributed by atoms with Gasteiger partial charge in [0.1, 0.15) is 12.4 Å². The van der Waals surface area contributed by atoms with Crippen LogP contribution in [0, 0.1) is 20.8 Å². The number of nitrogens with zero attached hydrogens (tertiary/aromatic N) is 1. The Morgan fingerprint density at radius 2 is 1.70 bits per heavy atom. The third kappa shape index (κ3) is 3.30. The van der Waals surface area contributed by atoms with Gasteiger partial charge in [0.05, 0.1) is 12.1 Å². The van der Waals surface area contributed by atoms with E-state index in [1.54, 1.807) is 0 Å². The van der Waals surface area contributed by atoms with E-state index in [0.29, 0.717) is 0 Å². The molecule has 0 spiro atoms. The van der Waals surface area contributed by atoms with E-state index in [4.69, 9.17) is 0 Å². The number of imidazole rings is 1. The fraction of sp³-hybridized carbons (Fsp3) is 0.500. The van der Waals surface area contributed by atoms with Crippen LogP contribution >= 0.6 is 0 Å². The fourth-order valence-electron chi connectivity index (χ4n) is 3.03. The van der Waals surface area contributed by atoms with Gasteiger partial charge in [-0.1, -0.05) is 37.5 Å². The minimum absolute atomic E-state index is 1.10. The molecule has 108 valence electrons. The Balaban J connectivity index is 2.24. The molecule has 1 heterocycles. The van der Waals surface area contributed by atoms with Gasteiger partial charge in [-0.3, -0.25) is 0 Å². The molecule has 0 fully saturated rings. The second kappa shape index (κ2) is 6.74. The van der Waals surface area contributed by atoms with Gasteiger partial charge >= 0.3 is 0 Å². The molecule has 2 nitrogen and oxygen atoms in total. The molecular weight excluding hydrogens is 244 g/mol. The number of nitrogens with one attached hydrogen (secondary N) is 1. The van der Waals surface area contributed by atoms with Crippen LogP contribution in [-0.4, -0.2) is 4.98 Å². The topological polar surface area (TPSA) is 19.7 Å². The van der Waals surface area contributed by atoms with Gasteiger partial charge in [0, 0.05) is 0 Å². The van der Waals surface area contributed by atoms with E-state index in [1.807, 2.05) is 6.20 Å². The molecule has 0 bridgehead atoms. The molecule has 0 atom stereocenters. The van der Waals surface area contributed by atoms with Gasteiger partial charge in [-0.15, -0.1) is 0 Å². The molecule has 2 heteroatoms. The van der Waals surface area contributed by atoms with Crippen LogP contribution in [0.1, 0.15) is 49.3 Å². The van der Waals surface area contributed by atoms with E-state index in [1.165, 1.54) is 53.8 Å². The van der Waals surface area contributed by atoms with Crippen LogP contribution in [-0.2, 0) is 6.54 Å². The quantitative estimate of drug-likeness (QED) is 0.590. The van der Waals surface area contributed by atoms with Crippen LogP contribution in [0.25, 0.3) is 11.4 Å². The van der Waals surface area contributed by atoms with Gasteiger partial charge in [-0.05, 0) is 44.7 Å². The highest BCUT2D eigenvalue weighted by Crippen LogP contribution is 2.24. The molecule has 1 N–H and O–H groups in total. The van der Waals surface area contributed by atoms with Crippen LogP contribution in [0.4, 0.5) is 0 Å². The van der Waals surface area contributed by atoms with E-state index >= 15 is 0 Å². The van der Waals surface area contributed by atoms with Crippen molar-refractivity contribution in [2.45, 2.75) is 59.9 Å². The summed E-state index contributed by atoms with van der Waals surface area (Å²) in [5.41, 5.74) is 5.40. The second-order valence-corrected chi connectivity index (χ2v) is 5.84. The van der Waals surface area contributed by atoms with Crippen molar-refractivity contribution in [3.8, 4) is 11.4 Å². The van der Waals surface area contributed by atoms with Crippen LogP contribution in [0.5, 0.6) is 0 Å². The maximum atomic E-state index is 3.43. The molecule has 2 aromatic rings. The predicted molar refractivity (Wildman–Crippen MR) is 84.8 cm³/mol. The van der Waals surface area contributed by atoms with Gasteiger partial charge in [-0.25, -0.2) is 9.55 Å². The number of aromatic amines is 1. The summed E-state index contributed by atoms with van der Waals surface area (Å²) in [4.78, 5) is 3.43. The Morgan fingerprint density at radius 1 is 1.00 bits per heavy atom. The second-order valence-electron chi connectivity index (χ2n) is 5.84. The van der Waals surface area contributed by atoms with Crippen LogP contribution < -0.4 is 4.57 Å². The smallest absolute Gasteiger partial charge is 0.243 e. The van der Waals surface area contributed by atoms with E-state index in [9.17, 15) is 0 Å². The minimum Gasteiger partial charge on any atom is -0.243 e. The first kappa shape index (κ1) is 14.8.